The van der Waals surface area contributed by atoms with Crippen molar-refractivity contribution < 1.29 is 8.91 Å². The van der Waals surface area contributed by atoms with E-state index in [1.807, 2.05) is 0 Å². The van der Waals surface area contributed by atoms with E-state index in [1.165, 1.54) is 12.1 Å². The van der Waals surface area contributed by atoms with Gasteiger partial charge in [-0.15, -0.1) is 11.8 Å². The first kappa shape index (κ1) is 13.6. The van der Waals surface area contributed by atoms with Crippen molar-refractivity contribution in [2.45, 2.75) is 29.4 Å². The molecule has 1 fully saturated rings. The molecule has 0 saturated carbocycles. The molecule has 0 amide bonds. The molecule has 0 radical (unpaired) electrons. The Morgan fingerprint density at radius 1 is 1.35 bits per heavy atom. The Balaban J connectivity index is 1.58. The van der Waals surface area contributed by atoms with E-state index >= 15 is 0 Å². The quantitative estimate of drug-likeness (QED) is 0.878. The Morgan fingerprint density at radius 3 is 2.95 bits per heavy atom. The first-order valence-electron chi connectivity index (χ1n) is 6.73. The van der Waals surface area contributed by atoms with Gasteiger partial charge in [0.15, 0.2) is 5.82 Å². The molecule has 1 aliphatic heterocycles. The smallest absolute Gasteiger partial charge is 0.231 e. The van der Waals surface area contributed by atoms with Crippen LogP contribution >= 0.6 is 11.8 Å². The van der Waals surface area contributed by atoms with E-state index in [0.29, 0.717) is 17.5 Å². The number of thioether (sulfide) groups is 1. The molecule has 6 heteroatoms. The fraction of sp³-hybridized carbons (Fsp3) is 0.429. The van der Waals surface area contributed by atoms with Crippen LogP contribution in [0.15, 0.2) is 33.7 Å². The molecular weight excluding hydrogens is 277 g/mol. The van der Waals surface area contributed by atoms with Crippen LogP contribution in [0.25, 0.3) is 0 Å². The summed E-state index contributed by atoms with van der Waals surface area (Å²) >= 11 is 1.57. The van der Waals surface area contributed by atoms with Crippen LogP contribution in [0.4, 0.5) is 4.39 Å². The van der Waals surface area contributed by atoms with Crippen LogP contribution in [0.5, 0.6) is 0 Å². The summed E-state index contributed by atoms with van der Waals surface area (Å²) in [7, 11) is 0. The largest absolute Gasteiger partial charge is 0.339 e. The highest BCUT2D eigenvalue weighted by Crippen LogP contribution is 2.25. The normalized spacial score (nSPS) is 19.1. The second kappa shape index (κ2) is 6.37. The van der Waals surface area contributed by atoms with Gasteiger partial charge in [0.2, 0.25) is 5.89 Å². The highest BCUT2D eigenvalue weighted by Gasteiger charge is 2.21. The maximum absolute atomic E-state index is 12.8. The number of piperidine rings is 1. The molecule has 0 bridgehead atoms. The zero-order valence-corrected chi connectivity index (χ0v) is 11.8. The lowest BCUT2D eigenvalue weighted by Gasteiger charge is -2.18. The average Bonchev–Trinajstić information content (AvgIpc) is 2.97. The van der Waals surface area contributed by atoms with E-state index in [-0.39, 0.29) is 5.82 Å². The zero-order chi connectivity index (χ0) is 13.8. The molecule has 3 rings (SSSR count). The highest BCUT2D eigenvalue weighted by atomic mass is 32.2. The second-order valence-corrected chi connectivity index (χ2v) is 5.88. The van der Waals surface area contributed by atoms with Crippen molar-refractivity contribution in [2.24, 2.45) is 0 Å². The van der Waals surface area contributed by atoms with Gasteiger partial charge >= 0.3 is 0 Å². The molecule has 0 aliphatic carbocycles. The molecule has 2 heterocycles. The summed E-state index contributed by atoms with van der Waals surface area (Å²) in [5.41, 5.74) is 0. The van der Waals surface area contributed by atoms with Gasteiger partial charge in [-0.2, -0.15) is 4.98 Å². The number of benzene rings is 1. The summed E-state index contributed by atoms with van der Waals surface area (Å²) in [4.78, 5) is 5.45. The van der Waals surface area contributed by atoms with E-state index < -0.39 is 0 Å². The maximum Gasteiger partial charge on any atom is 0.231 e. The highest BCUT2D eigenvalue weighted by molar-refractivity contribution is 7.98. The number of rotatable bonds is 4. The Labute approximate surface area is 121 Å². The molecule has 0 spiro atoms. The zero-order valence-electron chi connectivity index (χ0n) is 11.0. The van der Waals surface area contributed by atoms with E-state index in [9.17, 15) is 4.39 Å². The van der Waals surface area contributed by atoms with Crippen molar-refractivity contribution in [3.05, 3.63) is 41.8 Å². The van der Waals surface area contributed by atoms with Gasteiger partial charge in [-0.05, 0) is 43.7 Å². The summed E-state index contributed by atoms with van der Waals surface area (Å²) in [5, 5.41) is 7.35. The van der Waals surface area contributed by atoms with Crippen LogP contribution in [0.3, 0.4) is 0 Å². The van der Waals surface area contributed by atoms with Crippen LogP contribution in [0.1, 0.15) is 30.5 Å². The lowest BCUT2D eigenvalue weighted by Crippen LogP contribution is -2.28. The topological polar surface area (TPSA) is 51.0 Å². The second-order valence-electron chi connectivity index (χ2n) is 4.83. The van der Waals surface area contributed by atoms with E-state index in [0.717, 1.165) is 36.7 Å². The van der Waals surface area contributed by atoms with Crippen molar-refractivity contribution >= 4 is 11.8 Å². The molecule has 1 saturated heterocycles. The fourth-order valence-electron chi connectivity index (χ4n) is 2.23. The van der Waals surface area contributed by atoms with Crippen LogP contribution < -0.4 is 5.32 Å². The van der Waals surface area contributed by atoms with Crippen LogP contribution in [-0.4, -0.2) is 23.2 Å². The number of nitrogens with one attached hydrogen (secondary N) is 1. The van der Waals surface area contributed by atoms with Gasteiger partial charge in [-0.1, -0.05) is 5.16 Å². The van der Waals surface area contributed by atoms with Crippen molar-refractivity contribution in [1.82, 2.24) is 15.5 Å². The third-order valence-corrected chi connectivity index (χ3v) is 4.32. The van der Waals surface area contributed by atoms with Gasteiger partial charge in [0.05, 0.1) is 11.7 Å². The van der Waals surface area contributed by atoms with Crippen molar-refractivity contribution in [1.29, 1.82) is 0 Å². The molecule has 1 atom stereocenters. The van der Waals surface area contributed by atoms with Gasteiger partial charge in [0.1, 0.15) is 5.82 Å². The SMILES string of the molecule is Fc1ccc(SCc2noc(C3CCCNC3)n2)cc1. The predicted octanol–water partition coefficient (Wildman–Crippen LogP) is 2.97. The number of halogens is 1. The summed E-state index contributed by atoms with van der Waals surface area (Å²) < 4.78 is 18.1. The minimum Gasteiger partial charge on any atom is -0.339 e. The molecule has 4 nitrogen and oxygen atoms in total. The van der Waals surface area contributed by atoms with Crippen LogP contribution in [0, 0.1) is 5.82 Å². The summed E-state index contributed by atoms with van der Waals surface area (Å²) in [6.07, 6.45) is 2.24. The number of hydrogen-bond donors (Lipinski definition) is 1. The molecule has 1 unspecified atom stereocenters. The summed E-state index contributed by atoms with van der Waals surface area (Å²) in [6.45, 7) is 1.98. The third kappa shape index (κ3) is 3.37. The lowest BCUT2D eigenvalue weighted by molar-refractivity contribution is 0.320. The van der Waals surface area contributed by atoms with E-state index in [2.05, 4.69) is 15.5 Å². The van der Waals surface area contributed by atoms with Gasteiger partial charge in [0, 0.05) is 11.4 Å². The Hall–Kier alpha value is -1.40. The Morgan fingerprint density at radius 2 is 2.20 bits per heavy atom. The van der Waals surface area contributed by atoms with Crippen LogP contribution in [-0.2, 0) is 5.75 Å². The standard InChI is InChI=1S/C14H16FN3OS/c15-11-3-5-12(6-4-11)20-9-13-17-14(19-18-13)10-2-1-7-16-8-10/h3-6,10,16H,1-2,7-9H2. The molecule has 1 aromatic carbocycles. The van der Waals surface area contributed by atoms with Gasteiger partial charge in [0.25, 0.3) is 0 Å². The average molecular weight is 293 g/mol. The van der Waals surface area contributed by atoms with Crippen molar-refractivity contribution in [2.75, 3.05) is 13.1 Å². The number of hydrogen-bond acceptors (Lipinski definition) is 5. The fourth-order valence-corrected chi connectivity index (χ4v) is 2.97. The predicted molar refractivity (Wildman–Crippen MR) is 75.1 cm³/mol. The van der Waals surface area contributed by atoms with Gasteiger partial charge < -0.3 is 9.84 Å². The monoisotopic (exact) mass is 293 g/mol. The van der Waals surface area contributed by atoms with Crippen LogP contribution in [0.2, 0.25) is 0 Å². The summed E-state index contributed by atoms with van der Waals surface area (Å²) in [5.74, 6) is 2.17. The lowest BCUT2D eigenvalue weighted by atomic mass is 10.00. The molecule has 2 aromatic rings. The minimum absolute atomic E-state index is 0.221. The number of nitrogens with zero attached hydrogens (tertiary/aromatic N) is 2. The molecule has 106 valence electrons. The Bertz CT molecular complexity index is 552. The maximum atomic E-state index is 12.8. The molecule has 1 N–H and O–H groups in total. The third-order valence-electron chi connectivity index (χ3n) is 3.31. The number of aromatic nitrogens is 2. The first-order chi connectivity index (χ1) is 9.81. The molecule has 1 aromatic heterocycles. The Kier molecular flexibility index (Phi) is 4.32. The first-order valence-corrected chi connectivity index (χ1v) is 7.71. The molecule has 20 heavy (non-hydrogen) atoms. The minimum atomic E-state index is -0.221. The summed E-state index contributed by atoms with van der Waals surface area (Å²) in [6, 6.07) is 6.42. The molecule has 1 aliphatic rings. The van der Waals surface area contributed by atoms with E-state index in [1.54, 1.807) is 23.9 Å². The van der Waals surface area contributed by atoms with Gasteiger partial charge in [-0.25, -0.2) is 4.39 Å². The van der Waals surface area contributed by atoms with E-state index in [4.69, 9.17) is 4.52 Å². The van der Waals surface area contributed by atoms with Gasteiger partial charge in [-0.3, -0.25) is 0 Å². The molecular formula is C14H16FN3OS. The van der Waals surface area contributed by atoms with Crippen molar-refractivity contribution in [3.8, 4) is 0 Å². The van der Waals surface area contributed by atoms with Crippen molar-refractivity contribution in [3.63, 3.8) is 0 Å².